The highest BCUT2D eigenvalue weighted by Crippen LogP contribution is 2.11. The minimum atomic E-state index is -1.00. The number of benzene rings is 2. The number of rotatable bonds is 11. The summed E-state index contributed by atoms with van der Waals surface area (Å²) in [6.45, 7) is 1.08. The fourth-order valence-corrected chi connectivity index (χ4v) is 2.99. The Balaban J connectivity index is 1.97. The standard InChI is InChI=1S/C23H29N5O5/c1-14(24)22(32)28-19(12-15-5-3-2-4-6-15)23(33)26-13-20(30)27-18(21(25)31)11-16-7-9-17(29)10-8-16/h2-10,14,18-19,29H,11-13,24H2,1H3,(H2,25,31)(H,26,33)(H,27,30)(H,28,32)/t14-,18-,19-/m0/s1. The molecule has 3 atom stereocenters. The Bertz CT molecular complexity index is 963. The molecule has 10 nitrogen and oxygen atoms in total. The van der Waals surface area contributed by atoms with Crippen LogP contribution in [0.1, 0.15) is 18.1 Å². The highest BCUT2D eigenvalue weighted by Gasteiger charge is 2.24. The smallest absolute Gasteiger partial charge is 0.243 e. The lowest BCUT2D eigenvalue weighted by Crippen LogP contribution is -2.54. The van der Waals surface area contributed by atoms with Crippen LogP contribution in [0.5, 0.6) is 5.75 Å². The van der Waals surface area contributed by atoms with Gasteiger partial charge < -0.3 is 32.5 Å². The lowest BCUT2D eigenvalue weighted by atomic mass is 10.0. The number of phenols is 1. The van der Waals surface area contributed by atoms with Crippen molar-refractivity contribution >= 4 is 23.6 Å². The highest BCUT2D eigenvalue weighted by molar-refractivity contribution is 5.93. The minimum Gasteiger partial charge on any atom is -0.508 e. The van der Waals surface area contributed by atoms with E-state index in [1.54, 1.807) is 12.1 Å². The van der Waals surface area contributed by atoms with E-state index >= 15 is 0 Å². The maximum atomic E-state index is 12.7. The molecule has 176 valence electrons. The second kappa shape index (κ2) is 12.2. The highest BCUT2D eigenvalue weighted by atomic mass is 16.3. The van der Waals surface area contributed by atoms with Gasteiger partial charge in [0.25, 0.3) is 0 Å². The number of aromatic hydroxyl groups is 1. The van der Waals surface area contributed by atoms with Gasteiger partial charge in [0.05, 0.1) is 12.6 Å². The van der Waals surface area contributed by atoms with E-state index in [1.165, 1.54) is 19.1 Å². The third kappa shape index (κ3) is 8.62. The first-order valence-electron chi connectivity index (χ1n) is 10.4. The van der Waals surface area contributed by atoms with Crippen LogP contribution in [-0.2, 0) is 32.0 Å². The van der Waals surface area contributed by atoms with E-state index in [0.717, 1.165) is 5.56 Å². The van der Waals surface area contributed by atoms with Gasteiger partial charge in [0.15, 0.2) is 0 Å². The van der Waals surface area contributed by atoms with E-state index in [-0.39, 0.29) is 18.6 Å². The van der Waals surface area contributed by atoms with E-state index in [1.807, 2.05) is 30.3 Å². The molecule has 33 heavy (non-hydrogen) atoms. The van der Waals surface area contributed by atoms with Gasteiger partial charge in [-0.2, -0.15) is 0 Å². The van der Waals surface area contributed by atoms with Gasteiger partial charge in [-0.05, 0) is 30.2 Å². The summed E-state index contributed by atoms with van der Waals surface area (Å²) in [6.07, 6.45) is 0.327. The molecule has 2 aromatic rings. The molecule has 0 spiro atoms. The molecule has 2 rings (SSSR count). The Kier molecular flexibility index (Phi) is 9.37. The van der Waals surface area contributed by atoms with Crippen molar-refractivity contribution in [3.05, 3.63) is 65.7 Å². The number of amides is 4. The Labute approximate surface area is 191 Å². The van der Waals surface area contributed by atoms with Crippen molar-refractivity contribution in [2.24, 2.45) is 11.5 Å². The summed E-state index contributed by atoms with van der Waals surface area (Å²) in [5.41, 5.74) is 12.5. The molecule has 10 heteroatoms. The van der Waals surface area contributed by atoms with Crippen LogP contribution in [0.4, 0.5) is 0 Å². The molecule has 2 aromatic carbocycles. The topological polar surface area (TPSA) is 177 Å². The molecular formula is C23H29N5O5. The summed E-state index contributed by atoms with van der Waals surface area (Å²) in [7, 11) is 0. The van der Waals surface area contributed by atoms with Crippen LogP contribution in [0.25, 0.3) is 0 Å². The SMILES string of the molecule is C[C@H](N)C(=O)N[C@@H](Cc1ccccc1)C(=O)NCC(=O)N[C@@H](Cc1ccc(O)cc1)C(N)=O. The van der Waals surface area contributed by atoms with Crippen molar-refractivity contribution in [1.29, 1.82) is 0 Å². The fourth-order valence-electron chi connectivity index (χ4n) is 2.99. The van der Waals surface area contributed by atoms with Gasteiger partial charge >= 0.3 is 0 Å². The van der Waals surface area contributed by atoms with Crippen LogP contribution in [-0.4, -0.2) is 53.4 Å². The van der Waals surface area contributed by atoms with Crippen molar-refractivity contribution in [2.45, 2.75) is 37.9 Å². The molecular weight excluding hydrogens is 426 g/mol. The van der Waals surface area contributed by atoms with Crippen LogP contribution in [0, 0.1) is 0 Å². The number of nitrogens with one attached hydrogen (secondary N) is 3. The zero-order chi connectivity index (χ0) is 24.4. The van der Waals surface area contributed by atoms with Crippen molar-refractivity contribution in [3.8, 4) is 5.75 Å². The Morgan fingerprint density at radius 1 is 0.848 bits per heavy atom. The lowest BCUT2D eigenvalue weighted by Gasteiger charge is -2.20. The van der Waals surface area contributed by atoms with Gasteiger partial charge in [0, 0.05) is 12.8 Å². The van der Waals surface area contributed by atoms with Crippen LogP contribution >= 0.6 is 0 Å². The van der Waals surface area contributed by atoms with E-state index < -0.39 is 48.3 Å². The number of carbonyl (C=O) groups excluding carboxylic acids is 4. The number of hydrogen-bond donors (Lipinski definition) is 6. The molecule has 0 saturated heterocycles. The van der Waals surface area contributed by atoms with E-state index in [9.17, 15) is 24.3 Å². The second-order valence-electron chi connectivity index (χ2n) is 7.65. The molecule has 4 amide bonds. The average Bonchev–Trinajstić information content (AvgIpc) is 2.78. The van der Waals surface area contributed by atoms with Crippen LogP contribution in [0.2, 0.25) is 0 Å². The first-order chi connectivity index (χ1) is 15.7. The Hall–Kier alpha value is -3.92. The Morgan fingerprint density at radius 3 is 2.00 bits per heavy atom. The third-order valence-electron chi connectivity index (χ3n) is 4.81. The summed E-state index contributed by atoms with van der Waals surface area (Å²) in [4.78, 5) is 48.8. The summed E-state index contributed by atoms with van der Waals surface area (Å²) in [6, 6.07) is 12.4. The first kappa shape index (κ1) is 25.3. The lowest BCUT2D eigenvalue weighted by molar-refractivity contribution is -0.131. The first-order valence-corrected chi connectivity index (χ1v) is 10.4. The molecule has 0 aliphatic heterocycles. The quantitative estimate of drug-likeness (QED) is 0.256. The molecule has 0 bridgehead atoms. The summed E-state index contributed by atoms with van der Waals surface area (Å²) < 4.78 is 0. The number of phenolic OH excluding ortho intramolecular Hbond substituents is 1. The maximum Gasteiger partial charge on any atom is 0.243 e. The largest absolute Gasteiger partial charge is 0.508 e. The third-order valence-corrected chi connectivity index (χ3v) is 4.81. The van der Waals surface area contributed by atoms with Crippen molar-refractivity contribution < 1.29 is 24.3 Å². The van der Waals surface area contributed by atoms with Gasteiger partial charge in [0.2, 0.25) is 23.6 Å². The minimum absolute atomic E-state index is 0.0716. The number of hydrogen-bond acceptors (Lipinski definition) is 6. The summed E-state index contributed by atoms with van der Waals surface area (Å²) in [5.74, 6) is -2.37. The van der Waals surface area contributed by atoms with Crippen LogP contribution in [0.3, 0.4) is 0 Å². The zero-order valence-corrected chi connectivity index (χ0v) is 18.3. The van der Waals surface area contributed by atoms with Gasteiger partial charge in [0.1, 0.15) is 17.8 Å². The van der Waals surface area contributed by atoms with Crippen molar-refractivity contribution in [1.82, 2.24) is 16.0 Å². The maximum absolute atomic E-state index is 12.7. The van der Waals surface area contributed by atoms with Crippen LogP contribution in [0.15, 0.2) is 54.6 Å². The fraction of sp³-hybridized carbons (Fsp3) is 0.304. The molecule has 0 fully saturated rings. The normalized spacial score (nSPS) is 13.3. The van der Waals surface area contributed by atoms with Gasteiger partial charge in [-0.15, -0.1) is 0 Å². The second-order valence-corrected chi connectivity index (χ2v) is 7.65. The number of primary amides is 1. The Morgan fingerprint density at radius 2 is 1.42 bits per heavy atom. The summed E-state index contributed by atoms with van der Waals surface area (Å²) >= 11 is 0. The molecule has 0 aliphatic rings. The molecule has 8 N–H and O–H groups in total. The van der Waals surface area contributed by atoms with Gasteiger partial charge in [-0.3, -0.25) is 19.2 Å². The molecule has 0 saturated carbocycles. The van der Waals surface area contributed by atoms with E-state index in [2.05, 4.69) is 16.0 Å². The summed E-state index contributed by atoms with van der Waals surface area (Å²) in [5, 5.41) is 16.9. The average molecular weight is 456 g/mol. The monoisotopic (exact) mass is 455 g/mol. The van der Waals surface area contributed by atoms with E-state index in [4.69, 9.17) is 11.5 Å². The number of carbonyl (C=O) groups is 4. The number of nitrogens with two attached hydrogens (primary N) is 2. The molecule has 0 aliphatic carbocycles. The van der Waals surface area contributed by atoms with Crippen LogP contribution < -0.4 is 27.4 Å². The predicted molar refractivity (Wildman–Crippen MR) is 122 cm³/mol. The molecule has 0 radical (unpaired) electrons. The molecule has 0 heterocycles. The predicted octanol–water partition coefficient (Wildman–Crippen LogP) is -0.904. The van der Waals surface area contributed by atoms with Crippen molar-refractivity contribution in [3.63, 3.8) is 0 Å². The molecule has 0 unspecified atom stereocenters. The van der Waals surface area contributed by atoms with Gasteiger partial charge in [-0.1, -0.05) is 42.5 Å². The van der Waals surface area contributed by atoms with Gasteiger partial charge in [-0.25, -0.2) is 0 Å². The molecule has 0 aromatic heterocycles. The van der Waals surface area contributed by atoms with E-state index in [0.29, 0.717) is 5.56 Å². The van der Waals surface area contributed by atoms with Crippen molar-refractivity contribution in [2.75, 3.05) is 6.54 Å². The zero-order valence-electron chi connectivity index (χ0n) is 18.3.